The third kappa shape index (κ3) is 116. The van der Waals surface area contributed by atoms with E-state index in [2.05, 4.69) is 0 Å². The van der Waals surface area contributed by atoms with Crippen molar-refractivity contribution in [3.05, 3.63) is 0 Å². The Bertz CT molecular complexity index is 35.5. The normalized spacial score (nSPS) is 6.43. The molecule has 86 valence electrons. The molecule has 0 amide bonds. The third-order valence-corrected chi connectivity index (χ3v) is 0.612. The number of hydrogen-bond donors (Lipinski definition) is 0. The summed E-state index contributed by atoms with van der Waals surface area (Å²) in [5, 5.41) is 27.9. The van der Waals surface area contributed by atoms with E-state index < -0.39 is 0 Å². The molecule has 0 saturated carbocycles. The zero-order valence-electron chi connectivity index (χ0n) is 9.35. The Hall–Kier alpha value is 1.04. The molecule has 0 saturated heterocycles. The molecule has 0 atom stereocenters. The average Bonchev–Trinajstić information content (AvgIpc) is 2.18. The van der Waals surface area contributed by atoms with E-state index in [9.17, 15) is 15.3 Å². The summed E-state index contributed by atoms with van der Waals surface area (Å²) in [4.78, 5) is 0. The third-order valence-electron chi connectivity index (χ3n) is 0.612. The van der Waals surface area contributed by atoms with Gasteiger partial charge in [0, 0.05) is 0 Å². The fraction of sp³-hybridized carbons (Fsp3) is 1.00. The first kappa shape index (κ1) is 29.4. The summed E-state index contributed by atoms with van der Waals surface area (Å²) in [6, 6.07) is 0. The van der Waals surface area contributed by atoms with E-state index in [0.717, 1.165) is 19.3 Å². The second-order valence-corrected chi connectivity index (χ2v) is 2.11. The summed E-state index contributed by atoms with van der Waals surface area (Å²) in [6.07, 6.45) is 2.29. The molecule has 0 heterocycles. The van der Waals surface area contributed by atoms with E-state index in [-0.39, 0.29) is 58.1 Å². The van der Waals surface area contributed by atoms with Gasteiger partial charge in [0.15, 0.2) is 0 Å². The number of hydrogen-bond acceptors (Lipinski definition) is 3. The van der Waals surface area contributed by atoms with Crippen molar-refractivity contribution in [2.45, 2.75) is 40.0 Å². The predicted octanol–water partition coefficient (Wildman–Crippen LogP) is -3.73. The first-order chi connectivity index (χ1) is 5.74. The molecule has 0 aliphatic heterocycles. The molecule has 0 aliphatic carbocycles. The summed E-state index contributed by atoms with van der Waals surface area (Å²) in [6.45, 7) is 5.81. The summed E-state index contributed by atoms with van der Waals surface area (Å²) < 4.78 is 0. The van der Waals surface area contributed by atoms with E-state index in [4.69, 9.17) is 0 Å². The summed E-state index contributed by atoms with van der Waals surface area (Å²) >= 11 is 0. The summed E-state index contributed by atoms with van der Waals surface area (Å²) in [5.74, 6) is 0. The molecule has 0 rings (SSSR count). The molecule has 0 spiro atoms. The molecule has 0 radical (unpaired) electrons. The summed E-state index contributed by atoms with van der Waals surface area (Å²) in [5.41, 5.74) is 0. The topological polar surface area (TPSA) is 69.2 Å². The van der Waals surface area contributed by atoms with Crippen molar-refractivity contribution in [2.24, 2.45) is 0 Å². The fourth-order valence-corrected chi connectivity index (χ4v) is 0. The first-order valence-corrected chi connectivity index (χ1v) is 4.49. The average molecular weight is 391 g/mol. The number of halogens is 1. The van der Waals surface area contributed by atoms with Crippen molar-refractivity contribution >= 4 is 0 Å². The fourth-order valence-electron chi connectivity index (χ4n) is 0. The van der Waals surface area contributed by atoms with Crippen LogP contribution < -0.4 is 27.7 Å². The standard InChI is InChI=1S/3C3H7O.ClH.Hf/c3*1-2-3-4;;/h3*2-3H2,1H3;1H;/q3*-1;;+4/p-1. The van der Waals surface area contributed by atoms with Crippen molar-refractivity contribution < 1.29 is 53.6 Å². The van der Waals surface area contributed by atoms with E-state index in [1.807, 2.05) is 20.8 Å². The van der Waals surface area contributed by atoms with Crippen molar-refractivity contribution in [1.29, 1.82) is 0 Å². The minimum absolute atomic E-state index is 0. The second kappa shape index (κ2) is 48.2. The van der Waals surface area contributed by atoms with Gasteiger partial charge in [-0.2, -0.15) is 0 Å². The Morgan fingerprint density at radius 2 is 0.714 bits per heavy atom. The monoisotopic (exact) mass is 392 g/mol. The Balaban J connectivity index is -0.0000000270. The van der Waals surface area contributed by atoms with Crippen molar-refractivity contribution in [3.63, 3.8) is 0 Å². The minimum atomic E-state index is 0. The van der Waals surface area contributed by atoms with Gasteiger partial charge in [0.2, 0.25) is 0 Å². The van der Waals surface area contributed by atoms with Gasteiger partial charge < -0.3 is 27.7 Å². The van der Waals surface area contributed by atoms with Crippen LogP contribution in [-0.4, -0.2) is 19.8 Å². The maximum Gasteiger partial charge on any atom is 4.00 e. The van der Waals surface area contributed by atoms with Crippen molar-refractivity contribution in [3.8, 4) is 0 Å². The largest absolute Gasteiger partial charge is 4.00 e. The summed E-state index contributed by atoms with van der Waals surface area (Å²) in [7, 11) is 0. The SMILES string of the molecule is CCC[O-].CCC[O-].CCC[O-].[Cl-].[Hf+4]. The molecule has 0 bridgehead atoms. The van der Waals surface area contributed by atoms with E-state index in [0.29, 0.717) is 0 Å². The van der Waals surface area contributed by atoms with E-state index in [1.165, 1.54) is 0 Å². The molecule has 5 heteroatoms. The smallest absolute Gasteiger partial charge is 1.00 e. The molecule has 0 unspecified atom stereocenters. The molecule has 0 aromatic carbocycles. The van der Waals surface area contributed by atoms with E-state index >= 15 is 0 Å². The maximum atomic E-state index is 9.30. The first-order valence-electron chi connectivity index (χ1n) is 4.49. The van der Waals surface area contributed by atoms with Gasteiger partial charge in [0.1, 0.15) is 0 Å². The molecule has 3 nitrogen and oxygen atoms in total. The van der Waals surface area contributed by atoms with Gasteiger partial charge in [-0.1, -0.05) is 40.0 Å². The quantitative estimate of drug-likeness (QED) is 0.465. The Morgan fingerprint density at radius 3 is 0.714 bits per heavy atom. The Labute approximate surface area is 113 Å². The van der Waals surface area contributed by atoms with Crippen LogP contribution in [0, 0.1) is 0 Å². The van der Waals surface area contributed by atoms with Crippen LogP contribution in [0.15, 0.2) is 0 Å². The van der Waals surface area contributed by atoms with Crippen LogP contribution in [0.1, 0.15) is 40.0 Å². The van der Waals surface area contributed by atoms with Crippen LogP contribution in [-0.2, 0) is 25.8 Å². The van der Waals surface area contributed by atoms with Gasteiger partial charge in [-0.05, 0) is 0 Å². The Kier molecular flexibility index (Phi) is 101. The zero-order valence-corrected chi connectivity index (χ0v) is 13.7. The van der Waals surface area contributed by atoms with Crippen LogP contribution in [0.25, 0.3) is 0 Å². The van der Waals surface area contributed by atoms with Gasteiger partial charge in [0.25, 0.3) is 0 Å². The molecule has 14 heavy (non-hydrogen) atoms. The zero-order chi connectivity index (χ0) is 10.2. The van der Waals surface area contributed by atoms with Crippen LogP contribution in [0.4, 0.5) is 0 Å². The maximum absolute atomic E-state index is 9.30. The number of rotatable bonds is 3. The molecule has 0 aliphatic rings. The van der Waals surface area contributed by atoms with Crippen molar-refractivity contribution in [1.82, 2.24) is 0 Å². The molecule has 0 fully saturated rings. The Morgan fingerprint density at radius 1 is 0.643 bits per heavy atom. The molecular formula is C9H21ClHfO3. The van der Waals surface area contributed by atoms with Gasteiger partial charge >= 0.3 is 25.8 Å². The van der Waals surface area contributed by atoms with Gasteiger partial charge in [-0.3, -0.25) is 0 Å². The molecule has 0 aromatic rings. The van der Waals surface area contributed by atoms with E-state index in [1.54, 1.807) is 0 Å². The van der Waals surface area contributed by atoms with Gasteiger partial charge in [-0.25, -0.2) is 0 Å². The van der Waals surface area contributed by atoms with Crippen LogP contribution in [0.2, 0.25) is 0 Å². The van der Waals surface area contributed by atoms with Crippen LogP contribution in [0.3, 0.4) is 0 Å². The predicted molar refractivity (Wildman–Crippen MR) is 45.5 cm³/mol. The molecular weight excluding hydrogens is 370 g/mol. The second-order valence-electron chi connectivity index (χ2n) is 2.11. The van der Waals surface area contributed by atoms with Crippen LogP contribution >= 0.6 is 0 Å². The van der Waals surface area contributed by atoms with Crippen molar-refractivity contribution in [2.75, 3.05) is 19.8 Å². The molecule has 0 N–H and O–H groups in total. The van der Waals surface area contributed by atoms with Crippen LogP contribution in [0.5, 0.6) is 0 Å². The minimum Gasteiger partial charge on any atom is -1.00 e. The van der Waals surface area contributed by atoms with Gasteiger partial charge in [-0.15, -0.1) is 19.8 Å². The molecule has 0 aromatic heterocycles. The van der Waals surface area contributed by atoms with Gasteiger partial charge in [0.05, 0.1) is 0 Å².